The van der Waals surface area contributed by atoms with Crippen LogP contribution in [0.5, 0.6) is 11.5 Å². The third kappa shape index (κ3) is 3.25. The van der Waals surface area contributed by atoms with Crippen LogP contribution in [0.2, 0.25) is 5.02 Å². The molecule has 4 nitrogen and oxygen atoms in total. The molecule has 2 aromatic rings. The van der Waals surface area contributed by atoms with Gasteiger partial charge in [-0.25, -0.2) is 4.39 Å². The van der Waals surface area contributed by atoms with Gasteiger partial charge in [0.25, 0.3) is 5.69 Å². The Morgan fingerprint density at radius 1 is 1.38 bits per heavy atom. The lowest BCUT2D eigenvalue weighted by molar-refractivity contribution is -0.385. The second kappa shape index (κ2) is 6.28. The van der Waals surface area contributed by atoms with Crippen molar-refractivity contribution in [2.75, 3.05) is 0 Å². The Balaban J connectivity index is 2.46. The van der Waals surface area contributed by atoms with E-state index in [9.17, 15) is 14.5 Å². The molecule has 0 spiro atoms. The van der Waals surface area contributed by atoms with Crippen molar-refractivity contribution < 1.29 is 14.1 Å². The van der Waals surface area contributed by atoms with Gasteiger partial charge in [0.15, 0.2) is 17.3 Å². The number of nitro groups is 1. The standard InChI is InChI=1S/C14H10Cl2FNO3/c1-8-5-13(11(17)6-12(8)18(19)20)21-14-9(7-15)3-2-4-10(14)16/h2-6H,7H2,1H3. The van der Waals surface area contributed by atoms with Crippen molar-refractivity contribution >= 4 is 28.9 Å². The zero-order valence-electron chi connectivity index (χ0n) is 10.9. The molecule has 21 heavy (non-hydrogen) atoms. The molecule has 0 bridgehead atoms. The van der Waals surface area contributed by atoms with Crippen LogP contribution in [-0.2, 0) is 5.88 Å². The van der Waals surface area contributed by atoms with E-state index in [-0.39, 0.29) is 33.7 Å². The summed E-state index contributed by atoms with van der Waals surface area (Å²) in [6, 6.07) is 7.06. The number of nitrogens with zero attached hydrogens (tertiary/aromatic N) is 1. The molecule has 7 heteroatoms. The van der Waals surface area contributed by atoms with Crippen LogP contribution in [0.1, 0.15) is 11.1 Å². The SMILES string of the molecule is Cc1cc(Oc2c(Cl)cccc2CCl)c(F)cc1[N+](=O)[O-]. The average molecular weight is 330 g/mol. The summed E-state index contributed by atoms with van der Waals surface area (Å²) in [4.78, 5) is 10.1. The molecule has 0 atom stereocenters. The lowest BCUT2D eigenvalue weighted by Crippen LogP contribution is -1.97. The minimum absolute atomic E-state index is 0.141. The number of ether oxygens (including phenoxy) is 1. The van der Waals surface area contributed by atoms with Gasteiger partial charge in [0, 0.05) is 11.1 Å². The molecular weight excluding hydrogens is 320 g/mol. The zero-order valence-corrected chi connectivity index (χ0v) is 12.4. The van der Waals surface area contributed by atoms with E-state index in [4.69, 9.17) is 27.9 Å². The number of nitro benzene ring substituents is 1. The lowest BCUT2D eigenvalue weighted by Gasteiger charge is -2.12. The Bertz CT molecular complexity index is 707. The van der Waals surface area contributed by atoms with Crippen molar-refractivity contribution in [2.45, 2.75) is 12.8 Å². The molecule has 0 N–H and O–H groups in total. The van der Waals surface area contributed by atoms with Gasteiger partial charge in [0.2, 0.25) is 0 Å². The first-order valence-electron chi connectivity index (χ1n) is 5.89. The largest absolute Gasteiger partial charge is 0.452 e. The minimum Gasteiger partial charge on any atom is -0.452 e. The Kier molecular flexibility index (Phi) is 4.65. The van der Waals surface area contributed by atoms with Crippen LogP contribution in [0.4, 0.5) is 10.1 Å². The van der Waals surface area contributed by atoms with Crippen molar-refractivity contribution in [1.82, 2.24) is 0 Å². The van der Waals surface area contributed by atoms with Crippen LogP contribution in [0.15, 0.2) is 30.3 Å². The second-order valence-electron chi connectivity index (χ2n) is 4.29. The quantitative estimate of drug-likeness (QED) is 0.438. The highest BCUT2D eigenvalue weighted by Gasteiger charge is 2.18. The molecule has 0 saturated carbocycles. The van der Waals surface area contributed by atoms with Crippen LogP contribution in [-0.4, -0.2) is 4.92 Å². The summed E-state index contributed by atoms with van der Waals surface area (Å²) in [5.74, 6) is -0.602. The predicted octanol–water partition coefficient (Wildman–Crippen LogP) is 5.23. The van der Waals surface area contributed by atoms with Gasteiger partial charge in [-0.15, -0.1) is 11.6 Å². The van der Waals surface area contributed by atoms with E-state index in [0.717, 1.165) is 6.07 Å². The van der Waals surface area contributed by atoms with Gasteiger partial charge >= 0.3 is 0 Å². The first-order chi connectivity index (χ1) is 9.93. The van der Waals surface area contributed by atoms with Crippen LogP contribution < -0.4 is 4.74 Å². The summed E-state index contributed by atoms with van der Waals surface area (Å²) in [6.45, 7) is 1.50. The molecule has 0 aliphatic rings. The normalized spacial score (nSPS) is 10.5. The van der Waals surface area contributed by atoms with Gasteiger partial charge in [-0.1, -0.05) is 23.7 Å². The van der Waals surface area contributed by atoms with E-state index in [1.54, 1.807) is 18.2 Å². The number of rotatable bonds is 4. The molecule has 2 rings (SSSR count). The van der Waals surface area contributed by atoms with Crippen molar-refractivity contribution in [3.05, 3.63) is 62.4 Å². The number of hydrogen-bond acceptors (Lipinski definition) is 3. The van der Waals surface area contributed by atoms with E-state index in [1.165, 1.54) is 13.0 Å². The average Bonchev–Trinajstić information content (AvgIpc) is 2.44. The number of benzene rings is 2. The third-order valence-electron chi connectivity index (χ3n) is 2.85. The fraction of sp³-hybridized carbons (Fsp3) is 0.143. The summed E-state index contributed by atoms with van der Waals surface area (Å²) in [5.41, 5.74) is 0.576. The van der Waals surface area contributed by atoms with Crippen LogP contribution in [0.25, 0.3) is 0 Å². The van der Waals surface area contributed by atoms with Gasteiger partial charge in [-0.05, 0) is 19.1 Å². The highest BCUT2D eigenvalue weighted by atomic mass is 35.5. The van der Waals surface area contributed by atoms with Crippen LogP contribution in [0.3, 0.4) is 0 Å². The van der Waals surface area contributed by atoms with Crippen molar-refractivity contribution in [3.8, 4) is 11.5 Å². The molecule has 2 aromatic carbocycles. The number of para-hydroxylation sites is 1. The molecule has 0 aliphatic carbocycles. The van der Waals surface area contributed by atoms with E-state index < -0.39 is 10.7 Å². The first-order valence-corrected chi connectivity index (χ1v) is 6.81. The maximum atomic E-state index is 13.9. The minimum atomic E-state index is -0.840. The highest BCUT2D eigenvalue weighted by Crippen LogP contribution is 2.36. The zero-order chi connectivity index (χ0) is 15.6. The van der Waals surface area contributed by atoms with Gasteiger partial charge in [-0.2, -0.15) is 0 Å². The van der Waals surface area contributed by atoms with Crippen LogP contribution >= 0.6 is 23.2 Å². The Morgan fingerprint density at radius 3 is 2.71 bits per heavy atom. The second-order valence-corrected chi connectivity index (χ2v) is 4.96. The van der Waals surface area contributed by atoms with Crippen molar-refractivity contribution in [2.24, 2.45) is 0 Å². The fourth-order valence-corrected chi connectivity index (χ4v) is 2.25. The molecule has 0 aromatic heterocycles. The van der Waals surface area contributed by atoms with E-state index in [1.807, 2.05) is 0 Å². The topological polar surface area (TPSA) is 52.4 Å². The fourth-order valence-electron chi connectivity index (χ4n) is 1.80. The monoisotopic (exact) mass is 329 g/mol. The Hall–Kier alpha value is -1.85. The molecular formula is C14H10Cl2FNO3. The summed E-state index contributed by atoms with van der Waals surface area (Å²) < 4.78 is 19.4. The lowest BCUT2D eigenvalue weighted by atomic mass is 10.2. The molecule has 110 valence electrons. The Labute approximate surface area is 130 Å². The van der Waals surface area contributed by atoms with Gasteiger partial charge in [-0.3, -0.25) is 10.1 Å². The molecule has 0 radical (unpaired) electrons. The van der Waals surface area contributed by atoms with Crippen molar-refractivity contribution in [1.29, 1.82) is 0 Å². The smallest absolute Gasteiger partial charge is 0.275 e. The van der Waals surface area contributed by atoms with E-state index in [2.05, 4.69) is 0 Å². The molecule has 0 unspecified atom stereocenters. The maximum Gasteiger partial charge on any atom is 0.275 e. The van der Waals surface area contributed by atoms with Gasteiger partial charge in [0.05, 0.1) is 21.9 Å². The number of alkyl halides is 1. The number of aryl methyl sites for hydroxylation is 1. The Morgan fingerprint density at radius 2 is 2.10 bits per heavy atom. The molecule has 0 amide bonds. The molecule has 0 fully saturated rings. The number of halogens is 3. The summed E-state index contributed by atoms with van der Waals surface area (Å²) in [7, 11) is 0. The molecule has 0 heterocycles. The van der Waals surface area contributed by atoms with Crippen LogP contribution in [0, 0.1) is 22.9 Å². The van der Waals surface area contributed by atoms with Gasteiger partial charge in [0.1, 0.15) is 0 Å². The van der Waals surface area contributed by atoms with E-state index in [0.29, 0.717) is 5.56 Å². The summed E-state index contributed by atoms with van der Waals surface area (Å²) in [6.07, 6.45) is 0. The maximum absolute atomic E-state index is 13.9. The van der Waals surface area contributed by atoms with Gasteiger partial charge < -0.3 is 4.74 Å². The van der Waals surface area contributed by atoms with E-state index >= 15 is 0 Å². The third-order valence-corrected chi connectivity index (χ3v) is 3.44. The molecule has 0 saturated heterocycles. The summed E-state index contributed by atoms with van der Waals surface area (Å²) >= 11 is 11.8. The highest BCUT2D eigenvalue weighted by molar-refractivity contribution is 6.32. The van der Waals surface area contributed by atoms with Crippen molar-refractivity contribution in [3.63, 3.8) is 0 Å². The predicted molar refractivity (Wildman–Crippen MR) is 78.9 cm³/mol. The number of hydrogen-bond donors (Lipinski definition) is 0. The summed E-state index contributed by atoms with van der Waals surface area (Å²) in [5, 5.41) is 11.0. The molecule has 0 aliphatic heterocycles. The first kappa shape index (κ1) is 15.5.